The molecular weight excluding hydrogens is 288 g/mol. The molecule has 1 N–H and O–H groups in total. The van der Waals surface area contributed by atoms with Crippen LogP contribution in [-0.4, -0.2) is 28.5 Å². The fourth-order valence-corrected chi connectivity index (χ4v) is 2.38. The molecule has 0 bridgehead atoms. The van der Waals surface area contributed by atoms with Crippen molar-refractivity contribution >= 4 is 33.6 Å². The first kappa shape index (κ1) is 12.0. The highest BCUT2D eigenvalue weighted by Crippen LogP contribution is 2.25. The van der Waals surface area contributed by atoms with E-state index >= 15 is 0 Å². The van der Waals surface area contributed by atoms with E-state index in [1.807, 2.05) is 13.0 Å². The lowest BCUT2D eigenvalue weighted by Gasteiger charge is -2.15. The number of carbonyl (C=O) groups is 2. The van der Waals surface area contributed by atoms with Crippen molar-refractivity contribution in [1.82, 2.24) is 4.98 Å². The van der Waals surface area contributed by atoms with Crippen LogP contribution in [0.15, 0.2) is 16.7 Å². The molecule has 1 atom stereocenters. The number of hydrogen-bond acceptors (Lipinski definition) is 3. The van der Waals surface area contributed by atoms with Gasteiger partial charge in [-0.2, -0.15) is 0 Å². The van der Waals surface area contributed by atoms with Gasteiger partial charge in [-0.3, -0.25) is 14.5 Å². The van der Waals surface area contributed by atoms with Gasteiger partial charge in [0.15, 0.2) is 0 Å². The highest BCUT2D eigenvalue weighted by atomic mass is 79.9. The summed E-state index contributed by atoms with van der Waals surface area (Å²) >= 11 is 3.26. The van der Waals surface area contributed by atoms with Crippen molar-refractivity contribution in [3.05, 3.63) is 22.3 Å². The van der Waals surface area contributed by atoms with E-state index in [1.54, 1.807) is 6.07 Å². The van der Waals surface area contributed by atoms with Crippen molar-refractivity contribution in [3.8, 4) is 0 Å². The molecule has 0 aromatic carbocycles. The number of carbonyl (C=O) groups excluding carboxylic acids is 1. The molecule has 1 aromatic rings. The summed E-state index contributed by atoms with van der Waals surface area (Å²) in [5.41, 5.74) is 0.966. The number of rotatable bonds is 2. The number of anilines is 1. The number of aliphatic carboxylic acids is 1. The van der Waals surface area contributed by atoms with Crippen molar-refractivity contribution in [3.63, 3.8) is 0 Å². The number of amides is 1. The third-order valence-electron chi connectivity index (χ3n) is 2.68. The Kier molecular flexibility index (Phi) is 3.15. The fourth-order valence-electron chi connectivity index (χ4n) is 1.84. The average Bonchev–Trinajstić information content (AvgIpc) is 2.59. The van der Waals surface area contributed by atoms with Crippen LogP contribution in [0, 0.1) is 12.8 Å². The first-order valence-electron chi connectivity index (χ1n) is 5.14. The van der Waals surface area contributed by atoms with Crippen molar-refractivity contribution < 1.29 is 14.7 Å². The zero-order chi connectivity index (χ0) is 12.6. The van der Waals surface area contributed by atoms with E-state index in [4.69, 9.17) is 5.11 Å². The summed E-state index contributed by atoms with van der Waals surface area (Å²) in [6.07, 6.45) is 0.0442. The van der Waals surface area contributed by atoms with E-state index in [2.05, 4.69) is 20.9 Å². The van der Waals surface area contributed by atoms with Crippen LogP contribution in [0.1, 0.15) is 12.0 Å². The number of carboxylic acid groups (broad SMARTS) is 1. The highest BCUT2D eigenvalue weighted by Gasteiger charge is 2.35. The smallest absolute Gasteiger partial charge is 0.308 e. The van der Waals surface area contributed by atoms with E-state index in [0.29, 0.717) is 10.4 Å². The number of carboxylic acids is 1. The molecule has 5 nitrogen and oxygen atoms in total. The van der Waals surface area contributed by atoms with E-state index < -0.39 is 11.9 Å². The molecular formula is C11H11BrN2O3. The third kappa shape index (κ3) is 2.46. The van der Waals surface area contributed by atoms with Gasteiger partial charge in [0.2, 0.25) is 5.91 Å². The second kappa shape index (κ2) is 4.44. The summed E-state index contributed by atoms with van der Waals surface area (Å²) in [6, 6.07) is 3.60. The normalized spacial score (nSPS) is 19.8. The Morgan fingerprint density at radius 1 is 1.59 bits per heavy atom. The van der Waals surface area contributed by atoms with Crippen LogP contribution in [-0.2, 0) is 9.59 Å². The molecule has 1 aliphatic rings. The number of aromatic nitrogens is 1. The minimum Gasteiger partial charge on any atom is -0.481 e. The lowest BCUT2D eigenvalue weighted by Crippen LogP contribution is -2.26. The molecule has 90 valence electrons. The Labute approximate surface area is 107 Å². The Bertz CT molecular complexity index is 469. The Hall–Kier alpha value is -1.43. The highest BCUT2D eigenvalue weighted by molar-refractivity contribution is 9.10. The summed E-state index contributed by atoms with van der Waals surface area (Å²) in [5.74, 6) is -1.26. The van der Waals surface area contributed by atoms with E-state index in [-0.39, 0.29) is 18.9 Å². The largest absolute Gasteiger partial charge is 0.481 e. The second-order valence-electron chi connectivity index (χ2n) is 4.07. The third-order valence-corrected chi connectivity index (χ3v) is 3.08. The van der Waals surface area contributed by atoms with Gasteiger partial charge in [-0.05, 0) is 40.5 Å². The predicted molar refractivity (Wildman–Crippen MR) is 64.8 cm³/mol. The standard InChI is InChI=1S/C11H11BrN2O3/c1-6-2-8(12)13-9(3-6)14-5-7(11(16)17)4-10(14)15/h2-3,7H,4-5H2,1H3,(H,16,17). The second-order valence-corrected chi connectivity index (χ2v) is 4.88. The lowest BCUT2D eigenvalue weighted by molar-refractivity contribution is -0.141. The number of aryl methyl sites for hydroxylation is 1. The number of nitrogens with zero attached hydrogens (tertiary/aromatic N) is 2. The SMILES string of the molecule is Cc1cc(Br)nc(N2CC(C(=O)O)CC2=O)c1. The summed E-state index contributed by atoms with van der Waals surface area (Å²) < 4.78 is 0.638. The van der Waals surface area contributed by atoms with Crippen LogP contribution < -0.4 is 4.90 Å². The van der Waals surface area contributed by atoms with E-state index in [1.165, 1.54) is 4.90 Å². The van der Waals surface area contributed by atoms with Gasteiger partial charge in [-0.15, -0.1) is 0 Å². The summed E-state index contributed by atoms with van der Waals surface area (Å²) in [5, 5.41) is 8.90. The topological polar surface area (TPSA) is 70.5 Å². The van der Waals surface area contributed by atoms with Crippen molar-refractivity contribution in [1.29, 1.82) is 0 Å². The van der Waals surface area contributed by atoms with Crippen molar-refractivity contribution in [2.24, 2.45) is 5.92 Å². The van der Waals surface area contributed by atoms with Crippen molar-refractivity contribution in [2.45, 2.75) is 13.3 Å². The van der Waals surface area contributed by atoms with Crippen LogP contribution >= 0.6 is 15.9 Å². The van der Waals surface area contributed by atoms with Crippen LogP contribution in [0.4, 0.5) is 5.82 Å². The van der Waals surface area contributed by atoms with Gasteiger partial charge in [0.25, 0.3) is 0 Å². The molecule has 0 saturated carbocycles. The van der Waals surface area contributed by atoms with E-state index in [9.17, 15) is 9.59 Å². The zero-order valence-corrected chi connectivity index (χ0v) is 10.8. The Morgan fingerprint density at radius 3 is 2.82 bits per heavy atom. The molecule has 6 heteroatoms. The zero-order valence-electron chi connectivity index (χ0n) is 9.18. The molecule has 0 aliphatic carbocycles. The van der Waals surface area contributed by atoms with Gasteiger partial charge < -0.3 is 5.11 Å². The summed E-state index contributed by atoms with van der Waals surface area (Å²) in [7, 11) is 0. The molecule has 1 fully saturated rings. The minimum atomic E-state index is -0.937. The van der Waals surface area contributed by atoms with Crippen LogP contribution in [0.25, 0.3) is 0 Å². The molecule has 2 rings (SSSR count). The van der Waals surface area contributed by atoms with E-state index in [0.717, 1.165) is 5.56 Å². The fraction of sp³-hybridized carbons (Fsp3) is 0.364. The summed E-state index contributed by atoms with van der Waals surface area (Å²) in [6.45, 7) is 2.09. The van der Waals surface area contributed by atoms with Gasteiger partial charge in [-0.1, -0.05) is 0 Å². The quantitative estimate of drug-likeness (QED) is 0.842. The van der Waals surface area contributed by atoms with Crippen LogP contribution in [0.2, 0.25) is 0 Å². The minimum absolute atomic E-state index is 0.0442. The van der Waals surface area contributed by atoms with Gasteiger partial charge in [-0.25, -0.2) is 4.98 Å². The molecule has 1 unspecified atom stereocenters. The van der Waals surface area contributed by atoms with Gasteiger partial charge in [0.1, 0.15) is 10.4 Å². The molecule has 1 aliphatic heterocycles. The van der Waals surface area contributed by atoms with Crippen LogP contribution in [0.5, 0.6) is 0 Å². The predicted octanol–water partition coefficient (Wildman–Crippen LogP) is 1.59. The molecule has 0 spiro atoms. The monoisotopic (exact) mass is 298 g/mol. The number of halogens is 1. The van der Waals surface area contributed by atoms with Gasteiger partial charge in [0, 0.05) is 13.0 Å². The number of hydrogen-bond donors (Lipinski definition) is 1. The Balaban J connectivity index is 2.28. The maximum absolute atomic E-state index is 11.7. The van der Waals surface area contributed by atoms with Crippen molar-refractivity contribution in [2.75, 3.05) is 11.4 Å². The molecule has 1 amide bonds. The molecule has 2 heterocycles. The first-order valence-corrected chi connectivity index (χ1v) is 5.94. The maximum atomic E-state index is 11.7. The van der Waals surface area contributed by atoms with Crippen LogP contribution in [0.3, 0.4) is 0 Å². The summed E-state index contributed by atoms with van der Waals surface area (Å²) in [4.78, 5) is 28.2. The molecule has 0 radical (unpaired) electrons. The number of pyridine rings is 1. The maximum Gasteiger partial charge on any atom is 0.308 e. The lowest BCUT2D eigenvalue weighted by atomic mass is 10.1. The molecule has 1 aromatic heterocycles. The average molecular weight is 299 g/mol. The van der Waals surface area contributed by atoms with Gasteiger partial charge in [0.05, 0.1) is 5.92 Å². The molecule has 17 heavy (non-hydrogen) atoms. The Morgan fingerprint density at radius 2 is 2.29 bits per heavy atom. The van der Waals surface area contributed by atoms with Gasteiger partial charge >= 0.3 is 5.97 Å². The first-order chi connectivity index (χ1) is 7.97. The molecule has 1 saturated heterocycles.